The van der Waals surface area contributed by atoms with Gasteiger partial charge >= 0.3 is 17.9 Å². The van der Waals surface area contributed by atoms with E-state index in [1.54, 1.807) is 0 Å². The summed E-state index contributed by atoms with van der Waals surface area (Å²) in [5.41, 5.74) is 0. The maximum Gasteiger partial charge on any atom is 0.306 e. The Balaban J connectivity index is 4.36. The van der Waals surface area contributed by atoms with Crippen LogP contribution in [0.1, 0.15) is 265 Å². The Kier molecular flexibility index (Phi) is 55.4. The molecular formula is C65H108O6. The number of unbranched alkanes of at least 4 members (excludes halogenated alkanes) is 23. The van der Waals surface area contributed by atoms with Gasteiger partial charge in [0.15, 0.2) is 6.10 Å². The lowest BCUT2D eigenvalue weighted by atomic mass is 10.1. The van der Waals surface area contributed by atoms with E-state index in [0.29, 0.717) is 19.3 Å². The first kappa shape index (κ1) is 67.1. The largest absolute Gasteiger partial charge is 0.462 e. The van der Waals surface area contributed by atoms with Crippen molar-refractivity contribution in [3.8, 4) is 0 Å². The summed E-state index contributed by atoms with van der Waals surface area (Å²) in [4.78, 5) is 38.0. The van der Waals surface area contributed by atoms with Crippen molar-refractivity contribution in [3.63, 3.8) is 0 Å². The standard InChI is InChI=1S/C65H108O6/c1-4-7-10-13-16-19-21-23-25-27-28-29-30-31-32-33-34-35-36-38-39-41-43-46-49-52-55-58-64(67)70-61-62(60-69-63(66)57-54-51-48-45-18-15-12-9-6-3)71-65(68)59-56-53-50-47-44-42-40-37-26-24-22-20-17-14-11-8-5-2/h7,10,16,19,23-26,28-29,31-32,34-35,38-39,43,46,62H,4-6,8-9,11-15,17-18,20-22,27,30,33,36-37,40-42,44-45,47-61H2,1-3H3/b10-7-,19-16-,25-23-,26-24-,29-28-,32-31-,35-34-,39-38-,46-43-. The highest BCUT2D eigenvalue weighted by atomic mass is 16.6. The molecule has 0 aliphatic rings. The van der Waals surface area contributed by atoms with E-state index >= 15 is 0 Å². The van der Waals surface area contributed by atoms with E-state index in [2.05, 4.69) is 130 Å². The van der Waals surface area contributed by atoms with Gasteiger partial charge in [-0.2, -0.15) is 0 Å². The summed E-state index contributed by atoms with van der Waals surface area (Å²) in [6.07, 6.45) is 79.5. The number of allylic oxidation sites excluding steroid dienone is 18. The zero-order valence-corrected chi connectivity index (χ0v) is 46.2. The molecule has 0 fully saturated rings. The summed E-state index contributed by atoms with van der Waals surface area (Å²) >= 11 is 0. The van der Waals surface area contributed by atoms with Crippen LogP contribution in [-0.4, -0.2) is 37.2 Å². The van der Waals surface area contributed by atoms with Crippen LogP contribution in [0.5, 0.6) is 0 Å². The molecule has 71 heavy (non-hydrogen) atoms. The first-order valence-electron chi connectivity index (χ1n) is 29.4. The van der Waals surface area contributed by atoms with E-state index in [1.807, 2.05) is 0 Å². The van der Waals surface area contributed by atoms with Crippen molar-refractivity contribution in [2.75, 3.05) is 13.2 Å². The lowest BCUT2D eigenvalue weighted by Gasteiger charge is -2.18. The molecule has 6 heteroatoms. The molecule has 0 aliphatic heterocycles. The Morgan fingerprint density at radius 2 is 0.549 bits per heavy atom. The second-order valence-corrected chi connectivity index (χ2v) is 19.2. The molecule has 0 aromatic rings. The predicted octanol–water partition coefficient (Wildman–Crippen LogP) is 19.9. The lowest BCUT2D eigenvalue weighted by Crippen LogP contribution is -2.30. The van der Waals surface area contributed by atoms with Gasteiger partial charge in [-0.05, 0) is 109 Å². The van der Waals surface area contributed by atoms with Crippen molar-refractivity contribution in [3.05, 3.63) is 109 Å². The predicted molar refractivity (Wildman–Crippen MR) is 307 cm³/mol. The van der Waals surface area contributed by atoms with E-state index in [4.69, 9.17) is 14.2 Å². The molecule has 0 heterocycles. The molecule has 6 nitrogen and oxygen atoms in total. The van der Waals surface area contributed by atoms with Crippen molar-refractivity contribution >= 4 is 17.9 Å². The quantitative estimate of drug-likeness (QED) is 0.0261. The van der Waals surface area contributed by atoms with Gasteiger partial charge in [0.05, 0.1) is 0 Å². The fraction of sp³-hybridized carbons (Fsp3) is 0.677. The third-order valence-corrected chi connectivity index (χ3v) is 12.3. The second-order valence-electron chi connectivity index (χ2n) is 19.2. The molecule has 0 spiro atoms. The number of ether oxygens (including phenoxy) is 3. The zero-order valence-electron chi connectivity index (χ0n) is 46.2. The molecule has 0 saturated carbocycles. The van der Waals surface area contributed by atoms with Crippen LogP contribution in [0.15, 0.2) is 109 Å². The molecule has 0 amide bonds. The summed E-state index contributed by atoms with van der Waals surface area (Å²) in [6, 6.07) is 0. The molecule has 404 valence electrons. The van der Waals surface area contributed by atoms with Gasteiger partial charge in [-0.1, -0.05) is 246 Å². The summed E-state index contributed by atoms with van der Waals surface area (Å²) in [6.45, 7) is 6.46. The highest BCUT2D eigenvalue weighted by molar-refractivity contribution is 5.71. The Bertz CT molecular complexity index is 1460. The Morgan fingerprint density at radius 3 is 0.901 bits per heavy atom. The highest BCUT2D eigenvalue weighted by Crippen LogP contribution is 2.14. The molecular weight excluding hydrogens is 877 g/mol. The third-order valence-electron chi connectivity index (χ3n) is 12.3. The van der Waals surface area contributed by atoms with Crippen LogP contribution in [0.4, 0.5) is 0 Å². The van der Waals surface area contributed by atoms with Crippen LogP contribution in [0.25, 0.3) is 0 Å². The number of hydrogen-bond donors (Lipinski definition) is 0. The van der Waals surface area contributed by atoms with Gasteiger partial charge in [0.2, 0.25) is 0 Å². The smallest absolute Gasteiger partial charge is 0.306 e. The minimum atomic E-state index is -0.797. The van der Waals surface area contributed by atoms with Crippen molar-refractivity contribution in [1.82, 2.24) is 0 Å². The highest BCUT2D eigenvalue weighted by Gasteiger charge is 2.19. The summed E-state index contributed by atoms with van der Waals surface area (Å²) in [7, 11) is 0. The second kappa shape index (κ2) is 58.6. The Hall–Kier alpha value is -3.93. The Labute approximate surface area is 438 Å². The average molecular weight is 986 g/mol. The van der Waals surface area contributed by atoms with Crippen LogP contribution >= 0.6 is 0 Å². The molecule has 0 radical (unpaired) electrons. The van der Waals surface area contributed by atoms with Crippen LogP contribution in [-0.2, 0) is 28.6 Å². The van der Waals surface area contributed by atoms with Gasteiger partial charge in [-0.3, -0.25) is 14.4 Å². The Morgan fingerprint density at radius 1 is 0.296 bits per heavy atom. The molecule has 0 bridgehead atoms. The molecule has 0 aromatic heterocycles. The van der Waals surface area contributed by atoms with Gasteiger partial charge < -0.3 is 14.2 Å². The van der Waals surface area contributed by atoms with Crippen LogP contribution < -0.4 is 0 Å². The van der Waals surface area contributed by atoms with Gasteiger partial charge in [-0.15, -0.1) is 0 Å². The fourth-order valence-electron chi connectivity index (χ4n) is 7.86. The first-order chi connectivity index (χ1) is 35.0. The van der Waals surface area contributed by atoms with Crippen LogP contribution in [0.3, 0.4) is 0 Å². The van der Waals surface area contributed by atoms with Crippen LogP contribution in [0.2, 0.25) is 0 Å². The molecule has 1 atom stereocenters. The lowest BCUT2D eigenvalue weighted by molar-refractivity contribution is -0.167. The van der Waals surface area contributed by atoms with E-state index < -0.39 is 6.10 Å². The van der Waals surface area contributed by atoms with E-state index in [-0.39, 0.29) is 31.1 Å². The first-order valence-corrected chi connectivity index (χ1v) is 29.4. The topological polar surface area (TPSA) is 78.9 Å². The third kappa shape index (κ3) is 56.9. The van der Waals surface area contributed by atoms with E-state index in [0.717, 1.165) is 109 Å². The van der Waals surface area contributed by atoms with Crippen molar-refractivity contribution in [1.29, 1.82) is 0 Å². The summed E-state index contributed by atoms with van der Waals surface area (Å²) < 4.78 is 16.8. The molecule has 0 N–H and O–H groups in total. The molecule has 0 saturated heterocycles. The minimum Gasteiger partial charge on any atom is -0.462 e. The van der Waals surface area contributed by atoms with Gasteiger partial charge in [0, 0.05) is 19.3 Å². The minimum absolute atomic E-state index is 0.0931. The zero-order chi connectivity index (χ0) is 51.4. The normalized spacial score (nSPS) is 12.9. The monoisotopic (exact) mass is 985 g/mol. The maximum absolute atomic E-state index is 12.8. The van der Waals surface area contributed by atoms with E-state index in [1.165, 1.54) is 116 Å². The number of esters is 3. The summed E-state index contributed by atoms with van der Waals surface area (Å²) in [5, 5.41) is 0. The SMILES string of the molecule is CC/C=C\C/C=C\C/C=C\C/C=C\C/C=C\C/C=C\C/C=C\C/C=C\CCCCC(=O)OCC(COC(=O)CCCCCCCCCCC)OC(=O)CCCCCCCCC/C=C\CCCCCCCC. The van der Waals surface area contributed by atoms with Crippen molar-refractivity contribution in [2.45, 2.75) is 271 Å². The number of carbonyl (C=O) groups excluding carboxylic acids is 3. The van der Waals surface area contributed by atoms with Gasteiger partial charge in [0.25, 0.3) is 0 Å². The molecule has 0 aromatic carbocycles. The number of carbonyl (C=O) groups is 3. The van der Waals surface area contributed by atoms with Gasteiger partial charge in [-0.25, -0.2) is 0 Å². The molecule has 1 unspecified atom stereocenters. The van der Waals surface area contributed by atoms with E-state index in [9.17, 15) is 14.4 Å². The van der Waals surface area contributed by atoms with Gasteiger partial charge in [0.1, 0.15) is 13.2 Å². The molecule has 0 rings (SSSR count). The summed E-state index contributed by atoms with van der Waals surface area (Å²) in [5.74, 6) is -0.945. The number of rotatable bonds is 52. The van der Waals surface area contributed by atoms with Crippen molar-refractivity contribution < 1.29 is 28.6 Å². The molecule has 0 aliphatic carbocycles. The number of hydrogen-bond acceptors (Lipinski definition) is 6. The maximum atomic E-state index is 12.8. The fourth-order valence-corrected chi connectivity index (χ4v) is 7.86. The average Bonchev–Trinajstić information content (AvgIpc) is 3.37. The van der Waals surface area contributed by atoms with Crippen LogP contribution in [0, 0.1) is 0 Å². The van der Waals surface area contributed by atoms with Crippen molar-refractivity contribution in [2.24, 2.45) is 0 Å².